The highest BCUT2D eigenvalue weighted by Gasteiger charge is 2.29. The van der Waals surface area contributed by atoms with Gasteiger partial charge in [-0.05, 0) is 18.3 Å². The number of nitrogens with zero attached hydrogens (tertiary/aromatic N) is 2. The summed E-state index contributed by atoms with van der Waals surface area (Å²) in [4.78, 5) is 13.5. The van der Waals surface area contributed by atoms with Crippen LogP contribution in [0.5, 0.6) is 0 Å². The Labute approximate surface area is 89.9 Å². The molecule has 15 heavy (non-hydrogen) atoms. The normalized spacial score (nSPS) is 21.5. The maximum Gasteiger partial charge on any atom is 0.230 e. The van der Waals surface area contributed by atoms with E-state index in [4.69, 9.17) is 10.9 Å². The van der Waals surface area contributed by atoms with E-state index in [1.54, 1.807) is 4.90 Å². The molecule has 1 aliphatic heterocycles. The Kier molecular flexibility index (Phi) is 3.55. The largest absolute Gasteiger partial charge is 0.409 e. The minimum absolute atomic E-state index is 0.00653. The van der Waals surface area contributed by atoms with Gasteiger partial charge in [-0.2, -0.15) is 0 Å². The molecule has 5 nitrogen and oxygen atoms in total. The van der Waals surface area contributed by atoms with Crippen molar-refractivity contribution in [2.24, 2.45) is 16.3 Å². The van der Waals surface area contributed by atoms with E-state index in [2.05, 4.69) is 19.0 Å². The zero-order valence-corrected chi connectivity index (χ0v) is 9.36. The van der Waals surface area contributed by atoms with Crippen molar-refractivity contribution in [3.63, 3.8) is 0 Å². The van der Waals surface area contributed by atoms with Gasteiger partial charge in [-0.25, -0.2) is 0 Å². The van der Waals surface area contributed by atoms with Crippen LogP contribution >= 0.6 is 0 Å². The topological polar surface area (TPSA) is 78.9 Å². The van der Waals surface area contributed by atoms with Crippen LogP contribution < -0.4 is 5.73 Å². The molecule has 0 aromatic carbocycles. The first-order valence-electron chi connectivity index (χ1n) is 5.19. The molecule has 0 atom stereocenters. The van der Waals surface area contributed by atoms with Crippen LogP contribution in [0.3, 0.4) is 0 Å². The number of hydrogen-bond acceptors (Lipinski definition) is 3. The van der Waals surface area contributed by atoms with Crippen LogP contribution in [0, 0.1) is 5.41 Å². The van der Waals surface area contributed by atoms with Crippen LogP contribution in [-0.2, 0) is 4.79 Å². The van der Waals surface area contributed by atoms with E-state index in [0.717, 1.165) is 25.9 Å². The second-order valence-corrected chi connectivity index (χ2v) is 4.85. The summed E-state index contributed by atoms with van der Waals surface area (Å²) in [6.45, 7) is 5.83. The van der Waals surface area contributed by atoms with E-state index >= 15 is 0 Å². The predicted molar refractivity (Wildman–Crippen MR) is 57.6 cm³/mol. The SMILES string of the molecule is CC1(C)CCCN(C(=O)CC(N)=NO)C1. The molecule has 0 radical (unpaired) electrons. The van der Waals surface area contributed by atoms with Gasteiger partial charge in [0.25, 0.3) is 0 Å². The van der Waals surface area contributed by atoms with Crippen molar-refractivity contribution in [3.8, 4) is 0 Å². The molecule has 0 aromatic rings. The summed E-state index contributed by atoms with van der Waals surface area (Å²) in [5, 5.41) is 11.2. The van der Waals surface area contributed by atoms with Gasteiger partial charge in [0.15, 0.2) is 0 Å². The molecule has 86 valence electrons. The molecule has 0 aromatic heterocycles. The fourth-order valence-electron chi connectivity index (χ4n) is 1.94. The maximum atomic E-state index is 11.7. The van der Waals surface area contributed by atoms with Crippen LogP contribution in [0.25, 0.3) is 0 Å². The molecule has 3 N–H and O–H groups in total. The number of carbonyl (C=O) groups is 1. The molecule has 5 heteroatoms. The molecule has 1 amide bonds. The summed E-state index contributed by atoms with van der Waals surface area (Å²) in [6.07, 6.45) is 2.17. The zero-order valence-electron chi connectivity index (χ0n) is 9.36. The Morgan fingerprint density at radius 3 is 2.80 bits per heavy atom. The fourth-order valence-corrected chi connectivity index (χ4v) is 1.94. The molecular formula is C10H19N3O2. The molecule has 1 heterocycles. The highest BCUT2D eigenvalue weighted by atomic mass is 16.4. The van der Waals surface area contributed by atoms with Gasteiger partial charge in [0.2, 0.25) is 5.91 Å². The Balaban J connectivity index is 2.53. The van der Waals surface area contributed by atoms with Crippen molar-refractivity contribution in [1.29, 1.82) is 0 Å². The van der Waals surface area contributed by atoms with Crippen LogP contribution in [0.2, 0.25) is 0 Å². The van der Waals surface area contributed by atoms with Crippen molar-refractivity contribution in [2.75, 3.05) is 13.1 Å². The molecule has 1 fully saturated rings. The first-order chi connectivity index (χ1) is 6.94. The molecule has 0 bridgehead atoms. The summed E-state index contributed by atoms with van der Waals surface area (Å²) in [7, 11) is 0. The molecule has 1 rings (SSSR count). The van der Waals surface area contributed by atoms with E-state index < -0.39 is 0 Å². The second kappa shape index (κ2) is 4.51. The number of piperidine rings is 1. The molecule has 0 unspecified atom stereocenters. The molecule has 0 spiro atoms. The Hall–Kier alpha value is -1.26. The highest BCUT2D eigenvalue weighted by Crippen LogP contribution is 2.28. The summed E-state index contributed by atoms with van der Waals surface area (Å²) < 4.78 is 0. The lowest BCUT2D eigenvalue weighted by atomic mass is 9.84. The lowest BCUT2D eigenvalue weighted by Crippen LogP contribution is -2.44. The summed E-state index contributed by atoms with van der Waals surface area (Å²) in [6, 6.07) is 0. The van der Waals surface area contributed by atoms with Crippen LogP contribution in [0.15, 0.2) is 5.16 Å². The van der Waals surface area contributed by atoms with Gasteiger partial charge in [0, 0.05) is 13.1 Å². The Morgan fingerprint density at radius 2 is 2.27 bits per heavy atom. The first-order valence-corrected chi connectivity index (χ1v) is 5.19. The summed E-state index contributed by atoms with van der Waals surface area (Å²) in [5.74, 6) is -0.0820. The van der Waals surface area contributed by atoms with Gasteiger partial charge in [-0.15, -0.1) is 0 Å². The predicted octanol–water partition coefficient (Wildman–Crippen LogP) is 0.772. The Bertz CT molecular complexity index is 274. The smallest absolute Gasteiger partial charge is 0.230 e. The first kappa shape index (κ1) is 11.8. The Morgan fingerprint density at radius 1 is 1.60 bits per heavy atom. The molecule has 1 aliphatic rings. The third-order valence-electron chi connectivity index (χ3n) is 2.71. The third-order valence-corrected chi connectivity index (χ3v) is 2.71. The highest BCUT2D eigenvalue weighted by molar-refractivity contribution is 5.98. The van der Waals surface area contributed by atoms with Gasteiger partial charge >= 0.3 is 0 Å². The minimum Gasteiger partial charge on any atom is -0.409 e. The number of amidine groups is 1. The van der Waals surface area contributed by atoms with E-state index in [9.17, 15) is 4.79 Å². The van der Waals surface area contributed by atoms with Gasteiger partial charge < -0.3 is 15.8 Å². The average Bonchev–Trinajstić information content (AvgIpc) is 2.16. The van der Waals surface area contributed by atoms with Crippen molar-refractivity contribution in [3.05, 3.63) is 0 Å². The van der Waals surface area contributed by atoms with Crippen LogP contribution in [0.1, 0.15) is 33.1 Å². The van der Waals surface area contributed by atoms with E-state index in [1.807, 2.05) is 0 Å². The summed E-state index contributed by atoms with van der Waals surface area (Å²) >= 11 is 0. The quantitative estimate of drug-likeness (QED) is 0.308. The molecule has 1 saturated heterocycles. The third kappa shape index (κ3) is 3.42. The van der Waals surface area contributed by atoms with Gasteiger partial charge in [-0.3, -0.25) is 4.79 Å². The number of nitrogens with two attached hydrogens (primary N) is 1. The number of rotatable bonds is 2. The number of amides is 1. The van der Waals surface area contributed by atoms with Crippen molar-refractivity contribution >= 4 is 11.7 Å². The number of oxime groups is 1. The van der Waals surface area contributed by atoms with Crippen molar-refractivity contribution in [1.82, 2.24) is 4.90 Å². The lowest BCUT2D eigenvalue weighted by Gasteiger charge is -2.38. The zero-order chi connectivity index (χ0) is 11.5. The fraction of sp³-hybridized carbons (Fsp3) is 0.800. The van der Waals surface area contributed by atoms with Crippen LogP contribution in [-0.4, -0.2) is 34.9 Å². The number of hydrogen-bond donors (Lipinski definition) is 2. The second-order valence-electron chi connectivity index (χ2n) is 4.85. The monoisotopic (exact) mass is 213 g/mol. The minimum atomic E-state index is -0.0573. The maximum absolute atomic E-state index is 11.7. The molecule has 0 saturated carbocycles. The molecule has 0 aliphatic carbocycles. The van der Waals surface area contributed by atoms with Crippen molar-refractivity contribution < 1.29 is 10.0 Å². The van der Waals surface area contributed by atoms with Crippen LogP contribution in [0.4, 0.5) is 0 Å². The van der Waals surface area contributed by atoms with E-state index in [-0.39, 0.29) is 23.6 Å². The number of carbonyl (C=O) groups excluding carboxylic acids is 1. The van der Waals surface area contributed by atoms with Gasteiger partial charge in [0.1, 0.15) is 5.84 Å². The van der Waals surface area contributed by atoms with Gasteiger partial charge in [-0.1, -0.05) is 19.0 Å². The van der Waals surface area contributed by atoms with Gasteiger partial charge in [0.05, 0.1) is 6.42 Å². The summed E-state index contributed by atoms with van der Waals surface area (Å²) in [5.41, 5.74) is 5.48. The lowest BCUT2D eigenvalue weighted by molar-refractivity contribution is -0.132. The standard InChI is InChI=1S/C10H19N3O2/c1-10(2)4-3-5-13(7-10)9(14)6-8(11)12-15/h15H,3-7H2,1-2H3,(H2,11,12). The van der Waals surface area contributed by atoms with E-state index in [1.165, 1.54) is 0 Å². The average molecular weight is 213 g/mol. The number of likely N-dealkylation sites (tertiary alicyclic amines) is 1. The van der Waals surface area contributed by atoms with Crippen molar-refractivity contribution in [2.45, 2.75) is 33.1 Å². The van der Waals surface area contributed by atoms with E-state index in [0.29, 0.717) is 0 Å². The molecular weight excluding hydrogens is 194 g/mol.